The Morgan fingerprint density at radius 1 is 1.39 bits per heavy atom. The molecule has 1 saturated carbocycles. The molecule has 23 heavy (non-hydrogen) atoms. The van der Waals surface area contributed by atoms with Gasteiger partial charge in [0, 0.05) is 18.4 Å². The van der Waals surface area contributed by atoms with E-state index in [0.29, 0.717) is 5.92 Å². The second-order valence-electron chi connectivity index (χ2n) is 6.71. The maximum absolute atomic E-state index is 12.3. The maximum atomic E-state index is 12.3. The molecule has 1 fully saturated rings. The normalized spacial score (nSPS) is 17.0. The monoisotopic (exact) mass is 315 g/mol. The molecule has 3 N–H and O–H groups in total. The Hall–Kier alpha value is -2.01. The third kappa shape index (κ3) is 3.34. The molecule has 1 aromatic heterocycles. The highest BCUT2D eigenvalue weighted by Crippen LogP contribution is 2.39. The van der Waals surface area contributed by atoms with Gasteiger partial charge in [0.15, 0.2) is 0 Å². The summed E-state index contributed by atoms with van der Waals surface area (Å²) in [6.07, 6.45) is 5.27. The van der Waals surface area contributed by atoms with Crippen molar-refractivity contribution in [1.29, 1.82) is 0 Å². The number of rotatable bonds is 6. The number of nitrogens with zero attached hydrogens (tertiary/aromatic N) is 1. The number of urea groups is 1. The standard InChI is InChI=1S/C18H25N3O2/c1-3-9-21-10-8-13-4-7-15(11-16(13)21)19-17(23)20-18(2,12-22)14-5-6-14/h4,7-8,10-11,14,22H,3,5-6,9,12H2,1-2H3,(H2,19,20,23). The number of amides is 2. The lowest BCUT2D eigenvalue weighted by atomic mass is 9.97. The van der Waals surface area contributed by atoms with E-state index < -0.39 is 5.54 Å². The Morgan fingerprint density at radius 3 is 2.83 bits per heavy atom. The molecule has 124 valence electrons. The number of nitrogens with one attached hydrogen (secondary N) is 2. The number of hydrogen-bond acceptors (Lipinski definition) is 2. The van der Waals surface area contributed by atoms with E-state index in [1.807, 2.05) is 25.1 Å². The molecule has 1 atom stereocenters. The van der Waals surface area contributed by atoms with E-state index in [-0.39, 0.29) is 12.6 Å². The summed E-state index contributed by atoms with van der Waals surface area (Å²) in [7, 11) is 0. The predicted octanol–water partition coefficient (Wildman–Crippen LogP) is 3.33. The van der Waals surface area contributed by atoms with E-state index in [2.05, 4.69) is 34.4 Å². The van der Waals surface area contributed by atoms with Crippen molar-refractivity contribution >= 4 is 22.6 Å². The topological polar surface area (TPSA) is 66.3 Å². The molecule has 0 radical (unpaired) electrons. The van der Waals surface area contributed by atoms with E-state index in [1.165, 1.54) is 5.39 Å². The van der Waals surface area contributed by atoms with Gasteiger partial charge < -0.3 is 20.3 Å². The molecule has 0 aliphatic heterocycles. The lowest BCUT2D eigenvalue weighted by molar-refractivity contribution is 0.159. The largest absolute Gasteiger partial charge is 0.394 e. The summed E-state index contributed by atoms with van der Waals surface area (Å²) in [6, 6.07) is 7.75. The predicted molar refractivity (Wildman–Crippen MR) is 92.6 cm³/mol. The lowest BCUT2D eigenvalue weighted by Gasteiger charge is -2.28. The molecule has 1 aromatic carbocycles. The molecular weight excluding hydrogens is 290 g/mol. The summed E-state index contributed by atoms with van der Waals surface area (Å²) in [5.74, 6) is 0.377. The van der Waals surface area contributed by atoms with Crippen molar-refractivity contribution in [3.63, 3.8) is 0 Å². The lowest BCUT2D eigenvalue weighted by Crippen LogP contribution is -2.52. The number of hydrogen-bond donors (Lipinski definition) is 3. The molecule has 3 rings (SSSR count). The average Bonchev–Trinajstić information content (AvgIpc) is 3.32. The molecule has 1 unspecified atom stereocenters. The first-order valence-electron chi connectivity index (χ1n) is 8.34. The number of benzene rings is 1. The van der Waals surface area contributed by atoms with Crippen LogP contribution in [0.15, 0.2) is 30.5 Å². The third-order valence-corrected chi connectivity index (χ3v) is 4.70. The number of aliphatic hydroxyl groups excluding tert-OH is 1. The zero-order chi connectivity index (χ0) is 16.4. The van der Waals surface area contributed by atoms with Crippen molar-refractivity contribution in [3.8, 4) is 0 Å². The van der Waals surface area contributed by atoms with Crippen LogP contribution >= 0.6 is 0 Å². The summed E-state index contributed by atoms with van der Waals surface area (Å²) >= 11 is 0. The van der Waals surface area contributed by atoms with Crippen molar-refractivity contribution in [1.82, 2.24) is 9.88 Å². The van der Waals surface area contributed by atoms with Gasteiger partial charge in [-0.1, -0.05) is 13.0 Å². The van der Waals surface area contributed by atoms with Crippen LogP contribution in [0, 0.1) is 5.92 Å². The minimum absolute atomic E-state index is 0.0382. The van der Waals surface area contributed by atoms with Gasteiger partial charge in [0.2, 0.25) is 0 Å². The van der Waals surface area contributed by atoms with E-state index in [1.54, 1.807) is 0 Å². The van der Waals surface area contributed by atoms with Gasteiger partial charge in [-0.25, -0.2) is 4.79 Å². The van der Waals surface area contributed by atoms with Crippen molar-refractivity contribution < 1.29 is 9.90 Å². The molecule has 0 bridgehead atoms. The zero-order valence-corrected chi connectivity index (χ0v) is 13.8. The van der Waals surface area contributed by atoms with Gasteiger partial charge in [0.1, 0.15) is 0 Å². The number of aryl methyl sites for hydroxylation is 1. The molecule has 2 aromatic rings. The van der Waals surface area contributed by atoms with Crippen molar-refractivity contribution in [2.24, 2.45) is 5.92 Å². The second-order valence-corrected chi connectivity index (χ2v) is 6.71. The zero-order valence-electron chi connectivity index (χ0n) is 13.8. The number of fused-ring (bicyclic) bond motifs is 1. The Bertz CT molecular complexity index is 705. The molecule has 1 heterocycles. The van der Waals surface area contributed by atoms with Gasteiger partial charge in [-0.05, 0) is 55.7 Å². The van der Waals surface area contributed by atoms with Crippen LogP contribution in [-0.4, -0.2) is 27.9 Å². The van der Waals surface area contributed by atoms with Gasteiger partial charge in [0.05, 0.1) is 17.7 Å². The summed E-state index contributed by atoms with van der Waals surface area (Å²) in [6.45, 7) is 4.97. The first kappa shape index (κ1) is 15.9. The van der Waals surface area contributed by atoms with Crippen LogP contribution in [0.4, 0.5) is 10.5 Å². The highest BCUT2D eigenvalue weighted by Gasteiger charge is 2.42. The van der Waals surface area contributed by atoms with Crippen LogP contribution in [0.1, 0.15) is 33.1 Å². The SMILES string of the molecule is CCCn1ccc2ccc(NC(=O)NC(C)(CO)C3CC3)cc21. The quantitative estimate of drug-likeness (QED) is 0.765. The molecule has 5 heteroatoms. The minimum atomic E-state index is -0.531. The number of anilines is 1. The van der Waals surface area contributed by atoms with Crippen molar-refractivity contribution in [3.05, 3.63) is 30.5 Å². The Balaban J connectivity index is 1.73. The molecule has 2 amide bonds. The number of aromatic nitrogens is 1. The Labute approximate surface area is 136 Å². The van der Waals surface area contributed by atoms with E-state index in [4.69, 9.17) is 0 Å². The van der Waals surface area contributed by atoms with Crippen LogP contribution in [-0.2, 0) is 6.54 Å². The van der Waals surface area contributed by atoms with Gasteiger partial charge in [-0.15, -0.1) is 0 Å². The van der Waals surface area contributed by atoms with Gasteiger partial charge in [0.25, 0.3) is 0 Å². The van der Waals surface area contributed by atoms with Crippen LogP contribution in [0.5, 0.6) is 0 Å². The first-order valence-corrected chi connectivity index (χ1v) is 8.34. The van der Waals surface area contributed by atoms with Crippen LogP contribution in [0.2, 0.25) is 0 Å². The molecule has 5 nitrogen and oxygen atoms in total. The highest BCUT2D eigenvalue weighted by atomic mass is 16.3. The fourth-order valence-electron chi connectivity index (χ4n) is 3.11. The molecule has 1 aliphatic carbocycles. The number of carbonyl (C=O) groups excluding carboxylic acids is 1. The maximum Gasteiger partial charge on any atom is 0.319 e. The Morgan fingerprint density at radius 2 is 2.17 bits per heavy atom. The van der Waals surface area contributed by atoms with Crippen LogP contribution in [0.3, 0.4) is 0 Å². The Kier molecular flexibility index (Phi) is 4.31. The average molecular weight is 315 g/mol. The number of carbonyl (C=O) groups is 1. The van der Waals surface area contributed by atoms with Crippen molar-refractivity contribution in [2.45, 2.75) is 45.2 Å². The van der Waals surface area contributed by atoms with Crippen molar-refractivity contribution in [2.75, 3.05) is 11.9 Å². The first-order chi connectivity index (χ1) is 11.1. The summed E-state index contributed by atoms with van der Waals surface area (Å²) in [4.78, 5) is 12.3. The summed E-state index contributed by atoms with van der Waals surface area (Å²) in [5, 5.41) is 16.6. The molecule has 0 spiro atoms. The fourth-order valence-corrected chi connectivity index (χ4v) is 3.11. The number of aliphatic hydroxyl groups is 1. The molecular formula is C18H25N3O2. The van der Waals surface area contributed by atoms with E-state index in [9.17, 15) is 9.90 Å². The third-order valence-electron chi connectivity index (χ3n) is 4.70. The minimum Gasteiger partial charge on any atom is -0.394 e. The second kappa shape index (κ2) is 6.24. The molecule has 1 aliphatic rings. The highest BCUT2D eigenvalue weighted by molar-refractivity contribution is 5.93. The molecule has 0 saturated heterocycles. The smallest absolute Gasteiger partial charge is 0.319 e. The fraction of sp³-hybridized carbons (Fsp3) is 0.500. The van der Waals surface area contributed by atoms with Gasteiger partial charge in [-0.3, -0.25) is 0 Å². The summed E-state index contributed by atoms with van der Waals surface area (Å²) < 4.78 is 2.19. The van der Waals surface area contributed by atoms with Gasteiger partial charge in [-0.2, -0.15) is 0 Å². The van der Waals surface area contributed by atoms with Crippen LogP contribution < -0.4 is 10.6 Å². The van der Waals surface area contributed by atoms with E-state index >= 15 is 0 Å². The van der Waals surface area contributed by atoms with Crippen LogP contribution in [0.25, 0.3) is 10.9 Å². The summed E-state index contributed by atoms with van der Waals surface area (Å²) in [5.41, 5.74) is 1.36. The van der Waals surface area contributed by atoms with Gasteiger partial charge >= 0.3 is 6.03 Å². The van der Waals surface area contributed by atoms with E-state index in [0.717, 1.165) is 37.0 Å².